The largest absolute Gasteiger partial charge is 0.480 e. The molecule has 26 heavy (non-hydrogen) atoms. The molecule has 1 aliphatic heterocycles. The highest BCUT2D eigenvalue weighted by atomic mass is 16.4. The average Bonchev–Trinajstić information content (AvgIpc) is 2.60. The van der Waals surface area contributed by atoms with E-state index in [0.29, 0.717) is 17.8 Å². The fourth-order valence-electron chi connectivity index (χ4n) is 3.49. The third-order valence-electron chi connectivity index (χ3n) is 4.58. The van der Waals surface area contributed by atoms with Gasteiger partial charge in [0, 0.05) is 23.7 Å². The molecule has 0 saturated carbocycles. The fraction of sp³-hybridized carbons (Fsp3) is 0.286. The van der Waals surface area contributed by atoms with Gasteiger partial charge in [-0.3, -0.25) is 19.5 Å². The minimum absolute atomic E-state index is 0.0265. The van der Waals surface area contributed by atoms with Gasteiger partial charge in [0.1, 0.15) is 0 Å². The number of nitrogens with zero attached hydrogens (tertiary/aromatic N) is 2. The molecule has 1 aromatic heterocycles. The van der Waals surface area contributed by atoms with E-state index in [1.165, 1.54) is 0 Å². The minimum Gasteiger partial charge on any atom is -0.480 e. The molecule has 1 N–H and O–H groups in total. The van der Waals surface area contributed by atoms with E-state index >= 15 is 0 Å². The van der Waals surface area contributed by atoms with E-state index in [0.717, 1.165) is 5.56 Å². The molecule has 0 spiro atoms. The molecule has 1 atom stereocenters. The second kappa shape index (κ2) is 7.22. The van der Waals surface area contributed by atoms with Crippen LogP contribution in [-0.4, -0.2) is 39.8 Å². The fourth-order valence-corrected chi connectivity index (χ4v) is 3.49. The van der Waals surface area contributed by atoms with Gasteiger partial charge in [-0.15, -0.1) is 0 Å². The highest BCUT2D eigenvalue weighted by molar-refractivity contribution is 6.05. The van der Waals surface area contributed by atoms with Crippen molar-refractivity contribution in [3.05, 3.63) is 71.6 Å². The van der Waals surface area contributed by atoms with Crippen molar-refractivity contribution >= 4 is 17.8 Å². The second-order valence-electron chi connectivity index (χ2n) is 7.18. The lowest BCUT2D eigenvalue weighted by atomic mass is 9.74. The molecule has 0 radical (unpaired) electrons. The maximum atomic E-state index is 13.2. The predicted octanol–water partition coefficient (Wildman–Crippen LogP) is 3.20. The summed E-state index contributed by atoms with van der Waals surface area (Å²) in [4.78, 5) is 30.8. The van der Waals surface area contributed by atoms with E-state index < -0.39 is 17.4 Å². The lowest BCUT2D eigenvalue weighted by molar-refractivity contribution is -0.141. The van der Waals surface area contributed by atoms with Gasteiger partial charge in [-0.2, -0.15) is 0 Å². The molecular formula is C21H22N2O3. The molecule has 1 saturated heterocycles. The Kier molecular flexibility index (Phi) is 5.00. The topological polar surface area (TPSA) is 70.5 Å². The van der Waals surface area contributed by atoms with Crippen LogP contribution in [0.2, 0.25) is 0 Å². The highest BCUT2D eigenvalue weighted by Crippen LogP contribution is 2.41. The number of carboxylic acid groups (broad SMARTS) is 1. The summed E-state index contributed by atoms with van der Waals surface area (Å²) in [6, 6.07) is 14.7. The summed E-state index contributed by atoms with van der Waals surface area (Å²) >= 11 is 0. The van der Waals surface area contributed by atoms with Gasteiger partial charge in [0.2, 0.25) is 0 Å². The average molecular weight is 350 g/mol. The Bertz CT molecular complexity index is 829. The Morgan fingerprint density at radius 1 is 1.23 bits per heavy atom. The number of Topliss-reactive ketones (excluding diaryl/α,β-unsaturated/α-hetero) is 1. The summed E-state index contributed by atoms with van der Waals surface area (Å²) in [5, 5.41) is 9.38. The number of carbonyl (C=O) groups excluding carboxylic acids is 1. The third kappa shape index (κ3) is 3.73. The number of benzene rings is 1. The van der Waals surface area contributed by atoms with E-state index in [2.05, 4.69) is 4.98 Å². The summed E-state index contributed by atoms with van der Waals surface area (Å²) in [5.74, 6) is -0.882. The number of aliphatic carboxylic acids is 1. The number of pyridine rings is 1. The van der Waals surface area contributed by atoms with E-state index in [-0.39, 0.29) is 12.3 Å². The number of piperidine rings is 1. The quantitative estimate of drug-likeness (QED) is 0.858. The number of likely N-dealkylation sites (tertiary alicyclic amines) is 1. The van der Waals surface area contributed by atoms with Crippen molar-refractivity contribution in [2.45, 2.75) is 19.9 Å². The molecule has 1 aliphatic rings. The smallest absolute Gasteiger partial charge is 0.317 e. The molecule has 134 valence electrons. The lowest BCUT2D eigenvalue weighted by Gasteiger charge is -2.43. The van der Waals surface area contributed by atoms with Gasteiger partial charge in [-0.05, 0) is 23.8 Å². The van der Waals surface area contributed by atoms with Crippen LogP contribution in [0.5, 0.6) is 0 Å². The lowest BCUT2D eigenvalue weighted by Crippen LogP contribution is -2.50. The third-order valence-corrected chi connectivity index (χ3v) is 4.58. The molecule has 0 bridgehead atoms. The summed E-state index contributed by atoms with van der Waals surface area (Å²) in [6.45, 7) is 3.97. The molecule has 5 heteroatoms. The first kappa shape index (κ1) is 18.0. The number of hydrogen-bond donors (Lipinski definition) is 1. The SMILES string of the molecule is CC1(C)CN(CC(=O)O)C(c2ccccc2)/C(=C\c2ccccn2)C1=O. The van der Waals surface area contributed by atoms with E-state index in [1.807, 2.05) is 67.3 Å². The Morgan fingerprint density at radius 2 is 1.92 bits per heavy atom. The Balaban J connectivity index is 2.15. The van der Waals surface area contributed by atoms with Gasteiger partial charge in [-0.25, -0.2) is 0 Å². The monoisotopic (exact) mass is 350 g/mol. The van der Waals surface area contributed by atoms with Crippen molar-refractivity contribution in [3.63, 3.8) is 0 Å². The molecule has 1 unspecified atom stereocenters. The highest BCUT2D eigenvalue weighted by Gasteiger charge is 2.44. The summed E-state index contributed by atoms with van der Waals surface area (Å²) in [7, 11) is 0. The standard InChI is InChI=1S/C21H22N2O3/c1-21(2)14-23(13-18(24)25)19(15-8-4-3-5-9-15)17(20(21)26)12-16-10-6-7-11-22-16/h3-12,19H,13-14H2,1-2H3,(H,24,25)/b17-12+. The second-order valence-corrected chi connectivity index (χ2v) is 7.18. The van der Waals surface area contributed by atoms with E-state index in [4.69, 9.17) is 0 Å². The first-order valence-electron chi connectivity index (χ1n) is 8.57. The summed E-state index contributed by atoms with van der Waals surface area (Å²) in [6.07, 6.45) is 3.47. The van der Waals surface area contributed by atoms with Crippen LogP contribution in [0.1, 0.15) is 31.1 Å². The van der Waals surface area contributed by atoms with Crippen LogP contribution < -0.4 is 0 Å². The van der Waals surface area contributed by atoms with Gasteiger partial charge in [-0.1, -0.05) is 50.2 Å². The molecular weight excluding hydrogens is 328 g/mol. The van der Waals surface area contributed by atoms with E-state index in [1.54, 1.807) is 12.3 Å². The van der Waals surface area contributed by atoms with Gasteiger partial charge in [0.05, 0.1) is 18.3 Å². The van der Waals surface area contributed by atoms with Crippen LogP contribution >= 0.6 is 0 Å². The van der Waals surface area contributed by atoms with Gasteiger partial charge >= 0.3 is 5.97 Å². The van der Waals surface area contributed by atoms with Gasteiger partial charge < -0.3 is 5.11 Å². The minimum atomic E-state index is -0.909. The number of ketones is 1. The molecule has 1 fully saturated rings. The number of hydrogen-bond acceptors (Lipinski definition) is 4. The summed E-state index contributed by atoms with van der Waals surface area (Å²) < 4.78 is 0. The van der Waals surface area contributed by atoms with Crippen molar-refractivity contribution in [1.82, 2.24) is 9.88 Å². The molecule has 3 rings (SSSR count). The molecule has 1 aromatic carbocycles. The number of aromatic nitrogens is 1. The molecule has 0 aliphatic carbocycles. The molecule has 2 aromatic rings. The van der Waals surface area contributed by atoms with Gasteiger partial charge in [0.15, 0.2) is 5.78 Å². The Hall–Kier alpha value is -2.79. The van der Waals surface area contributed by atoms with Crippen molar-refractivity contribution in [2.75, 3.05) is 13.1 Å². The number of carboxylic acids is 1. The Labute approximate surface area is 153 Å². The maximum absolute atomic E-state index is 13.2. The van der Waals surface area contributed by atoms with Crippen LogP contribution in [0.4, 0.5) is 0 Å². The van der Waals surface area contributed by atoms with Crippen LogP contribution in [0.15, 0.2) is 60.3 Å². The number of carbonyl (C=O) groups is 2. The van der Waals surface area contributed by atoms with E-state index in [9.17, 15) is 14.7 Å². The van der Waals surface area contributed by atoms with Crippen molar-refractivity contribution < 1.29 is 14.7 Å². The van der Waals surface area contributed by atoms with Crippen LogP contribution in [-0.2, 0) is 9.59 Å². The zero-order chi connectivity index (χ0) is 18.7. The van der Waals surface area contributed by atoms with Crippen molar-refractivity contribution in [1.29, 1.82) is 0 Å². The zero-order valence-electron chi connectivity index (χ0n) is 14.9. The first-order valence-corrected chi connectivity index (χ1v) is 8.57. The van der Waals surface area contributed by atoms with Crippen molar-refractivity contribution in [3.8, 4) is 0 Å². The van der Waals surface area contributed by atoms with Crippen LogP contribution in [0.25, 0.3) is 6.08 Å². The first-order chi connectivity index (χ1) is 12.4. The molecule has 0 amide bonds. The Morgan fingerprint density at radius 3 is 2.54 bits per heavy atom. The molecule has 5 nitrogen and oxygen atoms in total. The normalized spacial score (nSPS) is 21.7. The zero-order valence-corrected chi connectivity index (χ0v) is 14.9. The molecule has 2 heterocycles. The maximum Gasteiger partial charge on any atom is 0.317 e. The predicted molar refractivity (Wildman–Crippen MR) is 99.4 cm³/mol. The van der Waals surface area contributed by atoms with Gasteiger partial charge in [0.25, 0.3) is 0 Å². The van der Waals surface area contributed by atoms with Crippen molar-refractivity contribution in [2.24, 2.45) is 5.41 Å². The summed E-state index contributed by atoms with van der Waals surface area (Å²) in [5.41, 5.74) is 1.50. The van der Waals surface area contributed by atoms with Crippen LogP contribution in [0, 0.1) is 5.41 Å². The van der Waals surface area contributed by atoms with Crippen LogP contribution in [0.3, 0.4) is 0 Å². The number of rotatable bonds is 4.